The summed E-state index contributed by atoms with van der Waals surface area (Å²) in [5, 5.41) is 3.26. The molecule has 4 fully saturated rings. The monoisotopic (exact) mass is 237 g/mol. The van der Waals surface area contributed by atoms with Crippen molar-refractivity contribution in [3.63, 3.8) is 0 Å². The van der Waals surface area contributed by atoms with Crippen LogP contribution in [-0.4, -0.2) is 18.5 Å². The van der Waals surface area contributed by atoms with Gasteiger partial charge in [0, 0.05) is 19.0 Å². The average Bonchev–Trinajstić information content (AvgIpc) is 2.30. The van der Waals surface area contributed by atoms with Crippen LogP contribution < -0.4 is 16.6 Å². The van der Waals surface area contributed by atoms with E-state index in [1.54, 1.807) is 0 Å². The summed E-state index contributed by atoms with van der Waals surface area (Å²) >= 11 is 0. The van der Waals surface area contributed by atoms with Crippen molar-refractivity contribution in [2.75, 3.05) is 6.54 Å². The Morgan fingerprint density at radius 2 is 1.65 bits per heavy atom. The van der Waals surface area contributed by atoms with Crippen LogP contribution >= 0.6 is 0 Å². The zero-order valence-corrected chi connectivity index (χ0v) is 10.3. The lowest BCUT2D eigenvalue weighted by atomic mass is 9.54. The van der Waals surface area contributed by atoms with Crippen LogP contribution in [0.25, 0.3) is 0 Å². The van der Waals surface area contributed by atoms with Gasteiger partial charge in [-0.2, -0.15) is 0 Å². The molecule has 4 heteroatoms. The Balaban J connectivity index is 1.58. The van der Waals surface area contributed by atoms with E-state index in [2.05, 4.69) is 10.7 Å². The van der Waals surface area contributed by atoms with E-state index < -0.39 is 0 Å². The first kappa shape index (κ1) is 11.5. The standard InChI is InChI=1S/C13H23N3O/c14-15-2-1-12(17)16-13-10-4-8-3-9(6-10)7-11(13)5-8/h8-11,13,15H,1-7,14H2,(H,16,17). The van der Waals surface area contributed by atoms with E-state index >= 15 is 0 Å². The lowest BCUT2D eigenvalue weighted by molar-refractivity contribution is -0.125. The number of nitrogens with one attached hydrogen (secondary N) is 2. The highest BCUT2D eigenvalue weighted by Crippen LogP contribution is 2.53. The molecule has 0 aromatic rings. The largest absolute Gasteiger partial charge is 0.353 e. The Kier molecular flexibility index (Phi) is 3.09. The van der Waals surface area contributed by atoms with Crippen molar-refractivity contribution < 1.29 is 4.79 Å². The van der Waals surface area contributed by atoms with Crippen LogP contribution in [0.15, 0.2) is 0 Å². The summed E-state index contributed by atoms with van der Waals surface area (Å²) in [5.41, 5.74) is 2.54. The Morgan fingerprint density at radius 1 is 1.06 bits per heavy atom. The van der Waals surface area contributed by atoms with E-state index in [1.807, 2.05) is 0 Å². The van der Waals surface area contributed by atoms with Gasteiger partial charge in [0.15, 0.2) is 0 Å². The molecule has 4 bridgehead atoms. The molecule has 4 N–H and O–H groups in total. The first-order valence-corrected chi connectivity index (χ1v) is 6.99. The summed E-state index contributed by atoms with van der Waals surface area (Å²) in [6.07, 6.45) is 7.38. The van der Waals surface area contributed by atoms with Gasteiger partial charge >= 0.3 is 0 Å². The molecule has 0 aromatic carbocycles. The van der Waals surface area contributed by atoms with E-state index in [9.17, 15) is 4.79 Å². The second-order valence-electron chi connectivity index (χ2n) is 6.23. The number of carbonyl (C=O) groups excluding carboxylic acids is 1. The van der Waals surface area contributed by atoms with Gasteiger partial charge in [-0.05, 0) is 55.8 Å². The molecule has 4 aliphatic carbocycles. The Morgan fingerprint density at radius 3 is 2.18 bits per heavy atom. The molecule has 0 heterocycles. The molecule has 17 heavy (non-hydrogen) atoms. The Bertz CT molecular complexity index is 277. The summed E-state index contributed by atoms with van der Waals surface area (Å²) in [6.45, 7) is 0.569. The minimum Gasteiger partial charge on any atom is -0.353 e. The van der Waals surface area contributed by atoms with Gasteiger partial charge in [0.2, 0.25) is 5.91 Å². The van der Waals surface area contributed by atoms with Crippen LogP contribution in [0.1, 0.15) is 38.5 Å². The minimum absolute atomic E-state index is 0.167. The van der Waals surface area contributed by atoms with Crippen molar-refractivity contribution in [2.24, 2.45) is 29.5 Å². The molecule has 0 atom stereocenters. The molecule has 0 aliphatic heterocycles. The second-order valence-corrected chi connectivity index (χ2v) is 6.23. The van der Waals surface area contributed by atoms with Gasteiger partial charge in [0.1, 0.15) is 0 Å². The maximum absolute atomic E-state index is 11.8. The third-order valence-electron chi connectivity index (χ3n) is 5.05. The van der Waals surface area contributed by atoms with Gasteiger partial charge in [0.25, 0.3) is 0 Å². The fraction of sp³-hybridized carbons (Fsp3) is 0.923. The first-order chi connectivity index (χ1) is 8.26. The summed E-state index contributed by atoms with van der Waals surface area (Å²) in [4.78, 5) is 11.8. The SMILES string of the molecule is NNCCC(=O)NC1C2CC3CC(C2)CC1C3. The fourth-order valence-electron chi connectivity index (χ4n) is 4.60. The summed E-state index contributed by atoms with van der Waals surface area (Å²) in [6, 6.07) is 0.466. The Labute approximate surface area is 103 Å². The number of nitrogens with two attached hydrogens (primary N) is 1. The number of hydrogen-bond donors (Lipinski definition) is 3. The molecule has 96 valence electrons. The first-order valence-electron chi connectivity index (χ1n) is 6.99. The molecule has 4 rings (SSSR count). The summed E-state index contributed by atoms with van der Waals surface area (Å²) in [7, 11) is 0. The van der Waals surface area contributed by atoms with Gasteiger partial charge in [-0.3, -0.25) is 16.1 Å². The smallest absolute Gasteiger partial charge is 0.221 e. The quantitative estimate of drug-likeness (QED) is 0.500. The van der Waals surface area contributed by atoms with Crippen LogP contribution in [0, 0.1) is 23.7 Å². The number of carbonyl (C=O) groups is 1. The molecule has 0 spiro atoms. The molecule has 0 radical (unpaired) electrons. The van der Waals surface area contributed by atoms with Crippen LogP contribution in [0.4, 0.5) is 0 Å². The van der Waals surface area contributed by atoms with Gasteiger partial charge in [-0.25, -0.2) is 0 Å². The van der Waals surface area contributed by atoms with Gasteiger partial charge in [-0.15, -0.1) is 0 Å². The predicted molar refractivity (Wildman–Crippen MR) is 65.8 cm³/mol. The lowest BCUT2D eigenvalue weighted by Crippen LogP contribution is -2.56. The Hall–Kier alpha value is -0.610. The number of amides is 1. The van der Waals surface area contributed by atoms with E-state index in [1.165, 1.54) is 32.1 Å². The molecule has 0 unspecified atom stereocenters. The van der Waals surface area contributed by atoms with Crippen LogP contribution in [0.5, 0.6) is 0 Å². The zero-order valence-electron chi connectivity index (χ0n) is 10.3. The molecule has 4 aliphatic rings. The van der Waals surface area contributed by atoms with Gasteiger partial charge in [0.05, 0.1) is 0 Å². The van der Waals surface area contributed by atoms with Crippen molar-refractivity contribution in [2.45, 2.75) is 44.6 Å². The predicted octanol–water partition coefficient (Wildman–Crippen LogP) is 0.781. The molecule has 4 nitrogen and oxygen atoms in total. The minimum atomic E-state index is 0.167. The molecular weight excluding hydrogens is 214 g/mol. The second kappa shape index (κ2) is 4.58. The van der Waals surface area contributed by atoms with Crippen LogP contribution in [-0.2, 0) is 4.79 Å². The van der Waals surface area contributed by atoms with Crippen LogP contribution in [0.2, 0.25) is 0 Å². The highest BCUT2D eigenvalue weighted by Gasteiger charge is 2.48. The third kappa shape index (κ3) is 2.20. The highest BCUT2D eigenvalue weighted by atomic mass is 16.1. The summed E-state index contributed by atoms with van der Waals surface area (Å²) < 4.78 is 0. The van der Waals surface area contributed by atoms with E-state index in [-0.39, 0.29) is 5.91 Å². The highest BCUT2D eigenvalue weighted by molar-refractivity contribution is 5.76. The van der Waals surface area contributed by atoms with Gasteiger partial charge in [-0.1, -0.05) is 0 Å². The molecule has 0 saturated heterocycles. The molecule has 1 amide bonds. The van der Waals surface area contributed by atoms with E-state index in [0.29, 0.717) is 19.0 Å². The zero-order chi connectivity index (χ0) is 11.8. The van der Waals surface area contributed by atoms with Crippen molar-refractivity contribution >= 4 is 5.91 Å². The van der Waals surface area contributed by atoms with Crippen molar-refractivity contribution in [3.8, 4) is 0 Å². The van der Waals surface area contributed by atoms with Crippen LogP contribution in [0.3, 0.4) is 0 Å². The maximum Gasteiger partial charge on any atom is 0.221 e. The lowest BCUT2D eigenvalue weighted by Gasteiger charge is -2.54. The number of rotatable bonds is 4. The third-order valence-corrected chi connectivity index (χ3v) is 5.05. The van der Waals surface area contributed by atoms with Crippen molar-refractivity contribution in [3.05, 3.63) is 0 Å². The van der Waals surface area contributed by atoms with Gasteiger partial charge < -0.3 is 5.32 Å². The number of hydrazine groups is 1. The van der Waals surface area contributed by atoms with Crippen molar-refractivity contribution in [1.82, 2.24) is 10.7 Å². The fourth-order valence-corrected chi connectivity index (χ4v) is 4.60. The van der Waals surface area contributed by atoms with Crippen molar-refractivity contribution in [1.29, 1.82) is 0 Å². The molecule has 4 saturated carbocycles. The topological polar surface area (TPSA) is 67.1 Å². The van der Waals surface area contributed by atoms with E-state index in [4.69, 9.17) is 5.84 Å². The average molecular weight is 237 g/mol. The normalized spacial score (nSPS) is 42.8. The molecule has 0 aromatic heterocycles. The summed E-state index contributed by atoms with van der Waals surface area (Å²) in [5.74, 6) is 8.83. The maximum atomic E-state index is 11.8. The number of hydrogen-bond acceptors (Lipinski definition) is 3. The molecular formula is C13H23N3O. The van der Waals surface area contributed by atoms with E-state index in [0.717, 1.165) is 23.7 Å².